The van der Waals surface area contributed by atoms with Crippen molar-refractivity contribution in [3.63, 3.8) is 0 Å². The minimum Gasteiger partial charge on any atom is -0.397 e. The maximum absolute atomic E-state index is 14.2. The highest BCUT2D eigenvalue weighted by atomic mass is 79.9. The summed E-state index contributed by atoms with van der Waals surface area (Å²) in [6.45, 7) is 0. The van der Waals surface area contributed by atoms with Crippen molar-refractivity contribution in [3.8, 4) is 0 Å². The van der Waals surface area contributed by atoms with Crippen molar-refractivity contribution in [2.75, 3.05) is 5.73 Å². The van der Waals surface area contributed by atoms with Crippen LogP contribution in [0.4, 0.5) is 45.2 Å². The van der Waals surface area contributed by atoms with Crippen molar-refractivity contribution in [2.24, 2.45) is 0 Å². The molecule has 2 nitrogen and oxygen atoms in total. The van der Waals surface area contributed by atoms with Crippen LogP contribution in [0.2, 0.25) is 5.02 Å². The van der Waals surface area contributed by atoms with E-state index in [1.807, 2.05) is 0 Å². The van der Waals surface area contributed by atoms with Gasteiger partial charge in [-0.15, -0.1) is 0 Å². The van der Waals surface area contributed by atoms with Crippen molar-refractivity contribution in [1.82, 2.24) is 0 Å². The fraction of sp³-hybridized carbons (Fsp3) is 0.400. The van der Waals surface area contributed by atoms with E-state index in [-0.39, 0.29) is 12.1 Å². The molecule has 0 spiro atoms. The highest BCUT2D eigenvalue weighted by Crippen LogP contribution is 2.56. The van der Waals surface area contributed by atoms with Crippen LogP contribution in [0.25, 0.3) is 0 Å². The van der Waals surface area contributed by atoms with E-state index >= 15 is 0 Å². The number of hydrogen-bond acceptors (Lipinski definition) is 2. The van der Waals surface area contributed by atoms with Crippen molar-refractivity contribution in [3.05, 3.63) is 22.7 Å². The average Bonchev–Trinajstić information content (AvgIpc) is 2.36. The Morgan fingerprint density at radius 3 is 1.79 bits per heavy atom. The molecule has 2 N–H and O–H groups in total. The van der Waals surface area contributed by atoms with Crippen molar-refractivity contribution in [2.45, 2.75) is 27.1 Å². The molecule has 0 aliphatic carbocycles. The maximum atomic E-state index is 14.2. The number of nitrogen functional groups attached to an aromatic ring is 1. The Labute approximate surface area is 143 Å². The number of nitrogens with two attached hydrogens (primary N) is 1. The molecule has 1 aromatic carbocycles. The number of hydrogen-bond donors (Lipinski definition) is 1. The third-order valence-corrected chi connectivity index (χ3v) is 4.70. The van der Waals surface area contributed by atoms with E-state index < -0.39 is 54.2 Å². The Bertz CT molecular complexity index is 656. The van der Waals surface area contributed by atoms with Crippen LogP contribution in [0, 0.1) is 0 Å². The SMILES string of the molecule is Nc1c(Cl)cc(C(F)(C(F)(F)F)C(F)(F)Br)cc1S(=O)C(F)(F)F. The zero-order valence-corrected chi connectivity index (χ0v) is 13.9. The molecule has 1 aromatic rings. The van der Waals surface area contributed by atoms with Gasteiger partial charge in [0.15, 0.2) is 10.8 Å². The van der Waals surface area contributed by atoms with Gasteiger partial charge in [0.2, 0.25) is 0 Å². The lowest BCUT2D eigenvalue weighted by molar-refractivity contribution is -0.282. The van der Waals surface area contributed by atoms with E-state index in [0.717, 1.165) is 0 Å². The van der Waals surface area contributed by atoms with Gasteiger partial charge >= 0.3 is 22.2 Å². The Morgan fingerprint density at radius 1 is 1.00 bits per heavy atom. The van der Waals surface area contributed by atoms with Crippen molar-refractivity contribution in [1.29, 1.82) is 0 Å². The monoisotopic (exact) mass is 471 g/mol. The lowest BCUT2D eigenvalue weighted by atomic mass is 9.95. The van der Waals surface area contributed by atoms with E-state index in [2.05, 4.69) is 0 Å². The quantitative estimate of drug-likeness (QED) is 0.370. The summed E-state index contributed by atoms with van der Waals surface area (Å²) in [7, 11) is -4.02. The molecule has 0 fully saturated rings. The van der Waals surface area contributed by atoms with Crippen LogP contribution < -0.4 is 5.73 Å². The molecule has 2 unspecified atom stereocenters. The molecule has 0 saturated carbocycles. The predicted molar refractivity (Wildman–Crippen MR) is 71.0 cm³/mol. The maximum Gasteiger partial charge on any atom is 0.475 e. The summed E-state index contributed by atoms with van der Waals surface area (Å²) >= 11 is 6.52. The summed E-state index contributed by atoms with van der Waals surface area (Å²) in [5, 5.41) is -1.11. The minimum atomic E-state index is -6.25. The first-order valence-electron chi connectivity index (χ1n) is 5.35. The molecule has 0 heterocycles. The van der Waals surface area contributed by atoms with Gasteiger partial charge in [-0.25, -0.2) is 8.60 Å². The molecule has 0 radical (unpaired) electrons. The smallest absolute Gasteiger partial charge is 0.397 e. The molecule has 0 aliphatic heterocycles. The van der Waals surface area contributed by atoms with Gasteiger partial charge in [0.1, 0.15) is 0 Å². The van der Waals surface area contributed by atoms with E-state index in [9.17, 15) is 43.7 Å². The molecule has 14 heteroatoms. The molecule has 0 aliphatic rings. The number of alkyl halides is 10. The lowest BCUT2D eigenvalue weighted by Crippen LogP contribution is -2.49. The molecule has 0 amide bonds. The first-order chi connectivity index (χ1) is 10.4. The molecule has 24 heavy (non-hydrogen) atoms. The number of benzene rings is 1. The Hall–Kier alpha value is -0.690. The van der Waals surface area contributed by atoms with Crippen LogP contribution in [-0.4, -0.2) is 20.7 Å². The Balaban J connectivity index is 3.79. The largest absolute Gasteiger partial charge is 0.475 e. The van der Waals surface area contributed by atoms with E-state index in [1.54, 1.807) is 0 Å². The van der Waals surface area contributed by atoms with Gasteiger partial charge in [-0.1, -0.05) is 11.6 Å². The van der Waals surface area contributed by atoms with Crippen LogP contribution >= 0.6 is 27.5 Å². The fourth-order valence-electron chi connectivity index (χ4n) is 1.56. The molecule has 0 aromatic heterocycles. The Morgan fingerprint density at radius 2 is 1.46 bits per heavy atom. The molecule has 138 valence electrons. The van der Waals surface area contributed by atoms with Gasteiger partial charge in [0.25, 0.3) is 0 Å². The first kappa shape index (κ1) is 21.4. The second kappa shape index (κ2) is 6.24. The third-order valence-electron chi connectivity index (χ3n) is 2.68. The van der Waals surface area contributed by atoms with Crippen LogP contribution in [0.5, 0.6) is 0 Å². The topological polar surface area (TPSA) is 43.1 Å². The zero-order valence-electron chi connectivity index (χ0n) is 10.7. The van der Waals surface area contributed by atoms with E-state index in [1.165, 1.54) is 15.9 Å². The van der Waals surface area contributed by atoms with Gasteiger partial charge in [-0.2, -0.15) is 35.1 Å². The van der Waals surface area contributed by atoms with Crippen LogP contribution in [0.3, 0.4) is 0 Å². The molecule has 0 saturated heterocycles. The minimum absolute atomic E-state index is 0.0172. The van der Waals surface area contributed by atoms with Gasteiger partial charge in [0, 0.05) is 5.56 Å². The van der Waals surface area contributed by atoms with Gasteiger partial charge in [-0.3, -0.25) is 0 Å². The fourth-order valence-corrected chi connectivity index (χ4v) is 3.08. The highest BCUT2D eigenvalue weighted by molar-refractivity contribution is 9.10. The second-order valence-corrected chi connectivity index (χ2v) is 7.08. The number of rotatable bonds is 3. The summed E-state index contributed by atoms with van der Waals surface area (Å²) in [5.41, 5.74) is -8.95. The van der Waals surface area contributed by atoms with Crippen molar-refractivity contribution < 1.29 is 43.7 Å². The number of anilines is 1. The summed E-state index contributed by atoms with van der Waals surface area (Å²) in [6.07, 6.45) is -6.25. The second-order valence-electron chi connectivity index (χ2n) is 4.24. The molecular weight excluding hydrogens is 469 g/mol. The van der Waals surface area contributed by atoms with Crippen LogP contribution in [0.15, 0.2) is 17.0 Å². The molecular formula is C10H4BrClF9NOS. The third kappa shape index (κ3) is 3.62. The zero-order chi connectivity index (χ0) is 19.3. The molecule has 2 atom stereocenters. The van der Waals surface area contributed by atoms with Gasteiger partial charge < -0.3 is 5.73 Å². The lowest BCUT2D eigenvalue weighted by Gasteiger charge is -2.32. The average molecular weight is 473 g/mol. The van der Waals surface area contributed by atoms with Gasteiger partial charge in [-0.05, 0) is 28.1 Å². The number of halogens is 11. The summed E-state index contributed by atoms with van der Waals surface area (Å²) in [6, 6.07) is -0.329. The highest BCUT2D eigenvalue weighted by Gasteiger charge is 2.71. The van der Waals surface area contributed by atoms with Gasteiger partial charge in [0.05, 0.1) is 15.6 Å². The summed E-state index contributed by atoms with van der Waals surface area (Å²) in [4.78, 5) is -6.85. The standard InChI is InChI=1S/C10H4BrClF9NOS/c11-8(14,15)7(13,9(16,17)18)3-1-4(12)6(22)5(2-3)24(23)10(19,20)21/h1-2H,22H2. The van der Waals surface area contributed by atoms with Crippen LogP contribution in [0.1, 0.15) is 5.56 Å². The van der Waals surface area contributed by atoms with Crippen molar-refractivity contribution >= 4 is 44.0 Å². The Kier molecular flexibility index (Phi) is 5.55. The predicted octanol–water partition coefficient (Wildman–Crippen LogP) is 5.26. The first-order valence-corrected chi connectivity index (χ1v) is 7.67. The van der Waals surface area contributed by atoms with Crippen LogP contribution in [-0.2, 0) is 16.5 Å². The summed E-state index contributed by atoms with van der Waals surface area (Å²) < 4.78 is 128. The molecule has 0 bridgehead atoms. The normalized spacial score (nSPS) is 17.5. The van der Waals surface area contributed by atoms with E-state index in [4.69, 9.17) is 17.3 Å². The summed E-state index contributed by atoms with van der Waals surface area (Å²) in [5.74, 6) is 0. The molecule has 1 rings (SSSR count). The van der Waals surface area contributed by atoms with E-state index in [0.29, 0.717) is 0 Å².